The van der Waals surface area contributed by atoms with E-state index in [4.69, 9.17) is 9.84 Å². The molecule has 0 bridgehead atoms. The molecular weight excluding hydrogens is 308 g/mol. The SMILES string of the molecule is O=C(NCCC=Cc1ccnc(C(=O)O)c1)OCc1ccccc1. The second-order valence-corrected chi connectivity index (χ2v) is 4.96. The van der Waals surface area contributed by atoms with E-state index in [1.807, 2.05) is 36.4 Å². The van der Waals surface area contributed by atoms with Gasteiger partial charge in [-0.1, -0.05) is 42.5 Å². The molecule has 0 aliphatic carbocycles. The summed E-state index contributed by atoms with van der Waals surface area (Å²) in [5.74, 6) is -1.06. The van der Waals surface area contributed by atoms with E-state index < -0.39 is 12.1 Å². The van der Waals surface area contributed by atoms with Gasteiger partial charge in [0.1, 0.15) is 12.3 Å². The molecule has 0 atom stereocenters. The minimum Gasteiger partial charge on any atom is -0.477 e. The van der Waals surface area contributed by atoms with Crippen molar-refractivity contribution in [1.29, 1.82) is 0 Å². The molecule has 0 radical (unpaired) electrons. The third-order valence-electron chi connectivity index (χ3n) is 3.11. The third kappa shape index (κ3) is 5.92. The molecule has 1 aromatic carbocycles. The van der Waals surface area contributed by atoms with Crippen LogP contribution in [0.4, 0.5) is 4.79 Å². The molecule has 0 saturated heterocycles. The summed E-state index contributed by atoms with van der Waals surface area (Å²) in [7, 11) is 0. The molecule has 6 nitrogen and oxygen atoms in total. The van der Waals surface area contributed by atoms with Crippen LogP contribution in [0.2, 0.25) is 0 Å². The number of alkyl carbamates (subject to hydrolysis) is 1. The Morgan fingerprint density at radius 2 is 2.00 bits per heavy atom. The molecule has 124 valence electrons. The number of nitrogens with zero attached hydrogens (tertiary/aromatic N) is 1. The van der Waals surface area contributed by atoms with Gasteiger partial charge in [-0.05, 0) is 29.7 Å². The number of nitrogens with one attached hydrogen (secondary N) is 1. The van der Waals surface area contributed by atoms with Gasteiger partial charge in [0.05, 0.1) is 0 Å². The second kappa shape index (κ2) is 9.09. The van der Waals surface area contributed by atoms with Crippen molar-refractivity contribution in [3.05, 3.63) is 71.6 Å². The molecular formula is C18H18N2O4. The van der Waals surface area contributed by atoms with Crippen LogP contribution in [0, 0.1) is 0 Å². The fraction of sp³-hybridized carbons (Fsp3) is 0.167. The number of carbonyl (C=O) groups is 2. The average molecular weight is 326 g/mol. The highest BCUT2D eigenvalue weighted by Crippen LogP contribution is 2.05. The van der Waals surface area contributed by atoms with Crippen molar-refractivity contribution in [2.24, 2.45) is 0 Å². The van der Waals surface area contributed by atoms with E-state index >= 15 is 0 Å². The quantitative estimate of drug-likeness (QED) is 0.763. The lowest BCUT2D eigenvalue weighted by Crippen LogP contribution is -2.24. The first kappa shape index (κ1) is 17.2. The Hall–Kier alpha value is -3.15. The van der Waals surface area contributed by atoms with E-state index in [0.717, 1.165) is 11.1 Å². The molecule has 0 saturated carbocycles. The highest BCUT2D eigenvalue weighted by atomic mass is 16.5. The smallest absolute Gasteiger partial charge is 0.407 e. The summed E-state index contributed by atoms with van der Waals surface area (Å²) in [5, 5.41) is 11.5. The van der Waals surface area contributed by atoms with Gasteiger partial charge >= 0.3 is 12.1 Å². The molecule has 1 aromatic heterocycles. The second-order valence-electron chi connectivity index (χ2n) is 4.96. The summed E-state index contributed by atoms with van der Waals surface area (Å²) in [6, 6.07) is 12.6. The Morgan fingerprint density at radius 3 is 2.75 bits per heavy atom. The molecule has 0 aliphatic rings. The van der Waals surface area contributed by atoms with E-state index in [1.54, 1.807) is 12.1 Å². The molecule has 0 fully saturated rings. The summed E-state index contributed by atoms with van der Waals surface area (Å²) < 4.78 is 5.09. The number of hydrogen-bond acceptors (Lipinski definition) is 4. The number of aromatic carboxylic acids is 1. The molecule has 2 N–H and O–H groups in total. The van der Waals surface area contributed by atoms with Crippen LogP contribution in [0.1, 0.15) is 28.0 Å². The molecule has 1 amide bonds. The largest absolute Gasteiger partial charge is 0.477 e. The molecule has 2 rings (SSSR count). The Bertz CT molecular complexity index is 714. The maximum Gasteiger partial charge on any atom is 0.407 e. The number of hydrogen-bond donors (Lipinski definition) is 2. The number of carboxylic acid groups (broad SMARTS) is 1. The first-order valence-electron chi connectivity index (χ1n) is 7.45. The van der Waals surface area contributed by atoms with Gasteiger partial charge < -0.3 is 15.2 Å². The monoisotopic (exact) mass is 326 g/mol. The fourth-order valence-electron chi connectivity index (χ4n) is 1.92. The number of carbonyl (C=O) groups excluding carboxylic acids is 1. The normalized spacial score (nSPS) is 10.5. The van der Waals surface area contributed by atoms with E-state index in [1.165, 1.54) is 12.3 Å². The first-order chi connectivity index (χ1) is 11.6. The highest BCUT2D eigenvalue weighted by molar-refractivity contribution is 5.85. The molecule has 2 aromatic rings. The lowest BCUT2D eigenvalue weighted by Gasteiger charge is -2.05. The standard InChI is InChI=1S/C18H18N2O4/c21-17(22)16-12-14(9-11-19-16)6-4-5-10-20-18(23)24-13-15-7-2-1-3-8-15/h1-4,6-9,11-12H,5,10,13H2,(H,20,23)(H,21,22). The third-order valence-corrected chi connectivity index (χ3v) is 3.11. The van der Waals surface area contributed by atoms with Crippen LogP contribution in [-0.2, 0) is 11.3 Å². The van der Waals surface area contributed by atoms with E-state index in [-0.39, 0.29) is 12.3 Å². The van der Waals surface area contributed by atoms with Gasteiger partial charge in [0, 0.05) is 12.7 Å². The minimum atomic E-state index is -1.06. The molecule has 1 heterocycles. The van der Waals surface area contributed by atoms with Crippen molar-refractivity contribution in [1.82, 2.24) is 10.3 Å². The zero-order valence-electron chi connectivity index (χ0n) is 13.0. The molecule has 6 heteroatoms. The molecule has 0 spiro atoms. The van der Waals surface area contributed by atoms with Crippen molar-refractivity contribution in [2.45, 2.75) is 13.0 Å². The van der Waals surface area contributed by atoms with Gasteiger partial charge in [-0.25, -0.2) is 14.6 Å². The Labute approximate surface area is 139 Å². The molecule has 24 heavy (non-hydrogen) atoms. The van der Waals surface area contributed by atoms with E-state index in [9.17, 15) is 9.59 Å². The Kier molecular flexibility index (Phi) is 6.52. The lowest BCUT2D eigenvalue weighted by atomic mass is 10.2. The maximum absolute atomic E-state index is 11.5. The number of rotatable bonds is 7. The predicted octanol–water partition coefficient (Wildman–Crippen LogP) is 3.11. The maximum atomic E-state index is 11.5. The van der Waals surface area contributed by atoms with Crippen molar-refractivity contribution in [2.75, 3.05) is 6.54 Å². The number of amides is 1. The van der Waals surface area contributed by atoms with Gasteiger partial charge in [-0.3, -0.25) is 0 Å². The van der Waals surface area contributed by atoms with Crippen LogP contribution in [0.5, 0.6) is 0 Å². The predicted molar refractivity (Wildman–Crippen MR) is 89.5 cm³/mol. The van der Waals surface area contributed by atoms with Crippen LogP contribution in [-0.4, -0.2) is 28.7 Å². The van der Waals surface area contributed by atoms with Crippen molar-refractivity contribution in [3.63, 3.8) is 0 Å². The zero-order valence-corrected chi connectivity index (χ0v) is 13.0. The average Bonchev–Trinajstić information content (AvgIpc) is 2.61. The summed E-state index contributed by atoms with van der Waals surface area (Å²) in [6.07, 6.45) is 5.21. The number of aromatic nitrogens is 1. The lowest BCUT2D eigenvalue weighted by molar-refractivity contribution is 0.0690. The Balaban J connectivity index is 1.68. The van der Waals surface area contributed by atoms with E-state index in [2.05, 4.69) is 10.3 Å². The van der Waals surface area contributed by atoms with Crippen LogP contribution < -0.4 is 5.32 Å². The molecule has 0 aliphatic heterocycles. The van der Waals surface area contributed by atoms with Gasteiger partial charge in [0.15, 0.2) is 0 Å². The van der Waals surface area contributed by atoms with Gasteiger partial charge in [0.2, 0.25) is 0 Å². The van der Waals surface area contributed by atoms with Crippen LogP contribution in [0.3, 0.4) is 0 Å². The fourth-order valence-corrected chi connectivity index (χ4v) is 1.92. The molecule has 0 unspecified atom stereocenters. The Morgan fingerprint density at radius 1 is 1.21 bits per heavy atom. The highest BCUT2D eigenvalue weighted by Gasteiger charge is 2.03. The van der Waals surface area contributed by atoms with Crippen LogP contribution in [0.15, 0.2) is 54.7 Å². The van der Waals surface area contributed by atoms with Crippen molar-refractivity contribution < 1.29 is 19.4 Å². The van der Waals surface area contributed by atoms with Gasteiger partial charge in [0.25, 0.3) is 0 Å². The summed E-state index contributed by atoms with van der Waals surface area (Å²) in [5.41, 5.74) is 1.67. The number of ether oxygens (including phenoxy) is 1. The van der Waals surface area contributed by atoms with Gasteiger partial charge in [-0.15, -0.1) is 0 Å². The number of carboxylic acids is 1. The summed E-state index contributed by atoms with van der Waals surface area (Å²) >= 11 is 0. The van der Waals surface area contributed by atoms with Crippen LogP contribution in [0.25, 0.3) is 6.08 Å². The first-order valence-corrected chi connectivity index (χ1v) is 7.45. The van der Waals surface area contributed by atoms with Crippen LogP contribution >= 0.6 is 0 Å². The van der Waals surface area contributed by atoms with Gasteiger partial charge in [-0.2, -0.15) is 0 Å². The minimum absolute atomic E-state index is 0.000218. The van der Waals surface area contributed by atoms with E-state index in [0.29, 0.717) is 13.0 Å². The number of pyridine rings is 1. The van der Waals surface area contributed by atoms with Crippen molar-refractivity contribution >= 4 is 18.1 Å². The topological polar surface area (TPSA) is 88.5 Å². The summed E-state index contributed by atoms with van der Waals surface area (Å²) in [4.78, 5) is 26.1. The van der Waals surface area contributed by atoms with Crippen molar-refractivity contribution in [3.8, 4) is 0 Å². The summed E-state index contributed by atoms with van der Waals surface area (Å²) in [6.45, 7) is 0.665. The zero-order chi connectivity index (χ0) is 17.2. The number of benzene rings is 1.